The van der Waals surface area contributed by atoms with E-state index in [1.54, 1.807) is 23.6 Å². The molecule has 2 amide bonds. The average Bonchev–Trinajstić information content (AvgIpc) is 3.22. The Bertz CT molecular complexity index is 748. The maximum Gasteiger partial charge on any atom is 0.306 e. The predicted molar refractivity (Wildman–Crippen MR) is 90.4 cm³/mol. The first-order valence-electron chi connectivity index (χ1n) is 7.08. The third-order valence-corrected chi connectivity index (χ3v) is 4.84. The zero-order valence-electron chi connectivity index (χ0n) is 12.9. The van der Waals surface area contributed by atoms with Crippen LogP contribution in [0.3, 0.4) is 0 Å². The number of hydrogen-bond acceptors (Lipinski definition) is 7. The fraction of sp³-hybridized carbons (Fsp3) is 0.250. The molecule has 0 aliphatic heterocycles. The van der Waals surface area contributed by atoms with E-state index < -0.39 is 24.4 Å². The normalized spacial score (nSPS) is 10.2. The van der Waals surface area contributed by atoms with Gasteiger partial charge in [-0.1, -0.05) is 6.07 Å². The van der Waals surface area contributed by atoms with E-state index in [2.05, 4.69) is 5.32 Å². The fourth-order valence-corrected chi connectivity index (χ4v) is 3.23. The third kappa shape index (κ3) is 5.39. The van der Waals surface area contributed by atoms with Gasteiger partial charge in [0.25, 0.3) is 11.8 Å². The fourth-order valence-electron chi connectivity index (χ4n) is 1.77. The van der Waals surface area contributed by atoms with Crippen molar-refractivity contribution in [2.24, 2.45) is 0 Å². The van der Waals surface area contributed by atoms with Crippen molar-refractivity contribution in [1.82, 2.24) is 5.32 Å². The molecule has 6 nitrogen and oxygen atoms in total. The minimum atomic E-state index is -0.707. The van der Waals surface area contributed by atoms with Crippen LogP contribution in [0.4, 0.5) is 0 Å². The van der Waals surface area contributed by atoms with Gasteiger partial charge < -0.3 is 4.74 Å². The second-order valence-corrected chi connectivity index (χ2v) is 7.08. The summed E-state index contributed by atoms with van der Waals surface area (Å²) in [4.78, 5) is 48.6. The first-order valence-corrected chi connectivity index (χ1v) is 8.78. The summed E-state index contributed by atoms with van der Waals surface area (Å²) in [7, 11) is 0. The van der Waals surface area contributed by atoms with Gasteiger partial charge in [-0.2, -0.15) is 0 Å². The number of rotatable bonds is 7. The number of nitrogens with one attached hydrogen (secondary N) is 1. The number of thiophene rings is 2. The van der Waals surface area contributed by atoms with E-state index in [4.69, 9.17) is 4.74 Å². The summed E-state index contributed by atoms with van der Waals surface area (Å²) in [6.07, 6.45) is -0.0868. The molecule has 0 aliphatic rings. The minimum absolute atomic E-state index is 0.0224. The Morgan fingerprint density at radius 2 is 1.88 bits per heavy atom. The molecular weight excluding hydrogens is 350 g/mol. The van der Waals surface area contributed by atoms with Gasteiger partial charge in [0.1, 0.15) is 0 Å². The molecule has 0 bridgehead atoms. The standard InChI is InChI=1S/C16H15NO5S2/c1-10-4-6-12(24-10)11(18)5-7-15(20)22-9-14(19)17-16(21)13-3-2-8-23-13/h2-4,6,8H,5,7,9H2,1H3,(H,17,19,21). The average molecular weight is 365 g/mol. The molecule has 1 N–H and O–H groups in total. The van der Waals surface area contributed by atoms with Gasteiger partial charge in [0.05, 0.1) is 16.2 Å². The summed E-state index contributed by atoms with van der Waals surface area (Å²) in [5.74, 6) is -2.03. The summed E-state index contributed by atoms with van der Waals surface area (Å²) in [6, 6.07) is 6.83. The highest BCUT2D eigenvalue weighted by Gasteiger charge is 2.15. The summed E-state index contributed by atoms with van der Waals surface area (Å²) in [5, 5.41) is 3.84. The van der Waals surface area contributed by atoms with Crippen LogP contribution in [-0.2, 0) is 14.3 Å². The number of carbonyl (C=O) groups is 4. The quantitative estimate of drug-likeness (QED) is 0.602. The molecule has 0 aromatic carbocycles. The van der Waals surface area contributed by atoms with Crippen molar-refractivity contribution in [2.45, 2.75) is 19.8 Å². The molecule has 0 spiro atoms. The summed E-state index contributed by atoms with van der Waals surface area (Å²) >= 11 is 2.57. The van der Waals surface area contributed by atoms with E-state index in [0.29, 0.717) is 9.75 Å². The van der Waals surface area contributed by atoms with Gasteiger partial charge in [0.2, 0.25) is 0 Å². The van der Waals surface area contributed by atoms with Gasteiger partial charge in [0, 0.05) is 11.3 Å². The largest absolute Gasteiger partial charge is 0.456 e. The van der Waals surface area contributed by atoms with Crippen LogP contribution in [0.2, 0.25) is 0 Å². The molecule has 0 saturated carbocycles. The lowest BCUT2D eigenvalue weighted by Crippen LogP contribution is -2.33. The molecule has 0 radical (unpaired) electrons. The highest BCUT2D eigenvalue weighted by atomic mass is 32.1. The molecule has 2 heterocycles. The Balaban J connectivity index is 1.68. The first-order chi connectivity index (χ1) is 11.5. The molecule has 2 aromatic heterocycles. The van der Waals surface area contributed by atoms with Crippen LogP contribution in [0.25, 0.3) is 0 Å². The van der Waals surface area contributed by atoms with Crippen LogP contribution in [-0.4, -0.2) is 30.2 Å². The SMILES string of the molecule is Cc1ccc(C(=O)CCC(=O)OCC(=O)NC(=O)c2cccs2)s1. The van der Waals surface area contributed by atoms with Gasteiger partial charge in [-0.15, -0.1) is 22.7 Å². The Labute approximate surface area is 146 Å². The summed E-state index contributed by atoms with van der Waals surface area (Å²) in [6.45, 7) is 1.34. The highest BCUT2D eigenvalue weighted by molar-refractivity contribution is 7.14. The van der Waals surface area contributed by atoms with Crippen LogP contribution in [0.1, 0.15) is 37.1 Å². The van der Waals surface area contributed by atoms with Crippen molar-refractivity contribution in [3.63, 3.8) is 0 Å². The molecule has 2 rings (SSSR count). The van der Waals surface area contributed by atoms with Gasteiger partial charge in [-0.05, 0) is 30.5 Å². The number of carbonyl (C=O) groups excluding carboxylic acids is 4. The maximum atomic E-state index is 11.9. The number of aryl methyl sites for hydroxylation is 1. The lowest BCUT2D eigenvalue weighted by molar-refractivity contribution is -0.148. The minimum Gasteiger partial charge on any atom is -0.456 e. The van der Waals surface area contributed by atoms with E-state index in [1.807, 2.05) is 13.0 Å². The van der Waals surface area contributed by atoms with Crippen molar-refractivity contribution >= 4 is 46.2 Å². The van der Waals surface area contributed by atoms with E-state index >= 15 is 0 Å². The topological polar surface area (TPSA) is 89.5 Å². The molecule has 0 unspecified atom stereocenters. The number of esters is 1. The second kappa shape index (κ2) is 8.51. The van der Waals surface area contributed by atoms with Crippen molar-refractivity contribution in [2.75, 3.05) is 6.61 Å². The number of Topliss-reactive ketones (excluding diaryl/α,β-unsaturated/α-hetero) is 1. The van der Waals surface area contributed by atoms with Crippen molar-refractivity contribution in [3.05, 3.63) is 44.3 Å². The molecule has 0 aliphatic carbocycles. The number of ether oxygens (including phenoxy) is 1. The van der Waals surface area contributed by atoms with E-state index in [0.717, 1.165) is 4.88 Å². The molecule has 0 fully saturated rings. The van der Waals surface area contributed by atoms with Crippen LogP contribution in [0.15, 0.2) is 29.6 Å². The Hall–Kier alpha value is -2.32. The predicted octanol–water partition coefficient (Wildman–Crippen LogP) is 2.58. The smallest absolute Gasteiger partial charge is 0.306 e. The van der Waals surface area contributed by atoms with Gasteiger partial charge in [-0.3, -0.25) is 24.5 Å². The lowest BCUT2D eigenvalue weighted by Gasteiger charge is -2.04. The van der Waals surface area contributed by atoms with Crippen LogP contribution >= 0.6 is 22.7 Å². The third-order valence-electron chi connectivity index (χ3n) is 2.93. The number of imide groups is 1. The monoisotopic (exact) mass is 365 g/mol. The highest BCUT2D eigenvalue weighted by Crippen LogP contribution is 2.17. The Morgan fingerprint density at radius 1 is 1.08 bits per heavy atom. The van der Waals surface area contributed by atoms with E-state index in [1.165, 1.54) is 22.7 Å². The second-order valence-electron chi connectivity index (χ2n) is 4.85. The van der Waals surface area contributed by atoms with Crippen LogP contribution in [0.5, 0.6) is 0 Å². The van der Waals surface area contributed by atoms with Crippen molar-refractivity contribution in [3.8, 4) is 0 Å². The molecule has 8 heteroatoms. The lowest BCUT2D eigenvalue weighted by atomic mass is 10.2. The Kier molecular flexibility index (Phi) is 6.39. The molecular formula is C16H15NO5S2. The van der Waals surface area contributed by atoms with Crippen LogP contribution < -0.4 is 5.32 Å². The zero-order chi connectivity index (χ0) is 17.5. The van der Waals surface area contributed by atoms with Gasteiger partial charge in [0.15, 0.2) is 12.4 Å². The Morgan fingerprint density at radius 3 is 2.50 bits per heavy atom. The number of ketones is 1. The molecule has 2 aromatic rings. The van der Waals surface area contributed by atoms with Gasteiger partial charge >= 0.3 is 5.97 Å². The summed E-state index contributed by atoms with van der Waals surface area (Å²) in [5.41, 5.74) is 0. The van der Waals surface area contributed by atoms with Crippen LogP contribution in [0, 0.1) is 6.92 Å². The maximum absolute atomic E-state index is 11.9. The van der Waals surface area contributed by atoms with E-state index in [9.17, 15) is 19.2 Å². The molecule has 126 valence electrons. The van der Waals surface area contributed by atoms with E-state index in [-0.39, 0.29) is 18.6 Å². The zero-order valence-corrected chi connectivity index (χ0v) is 14.5. The van der Waals surface area contributed by atoms with Crippen molar-refractivity contribution in [1.29, 1.82) is 0 Å². The number of amides is 2. The van der Waals surface area contributed by atoms with Gasteiger partial charge in [-0.25, -0.2) is 0 Å². The number of hydrogen-bond donors (Lipinski definition) is 1. The van der Waals surface area contributed by atoms with Crippen molar-refractivity contribution < 1.29 is 23.9 Å². The molecule has 24 heavy (non-hydrogen) atoms. The first kappa shape index (κ1) is 18.0. The molecule has 0 atom stereocenters. The molecule has 0 saturated heterocycles. The summed E-state index contributed by atoms with van der Waals surface area (Å²) < 4.78 is 4.76.